The third-order valence-electron chi connectivity index (χ3n) is 7.12. The van der Waals surface area contributed by atoms with E-state index in [0.29, 0.717) is 18.0 Å². The molecule has 10 heteroatoms. The predicted octanol–water partition coefficient (Wildman–Crippen LogP) is 6.15. The molecule has 0 aromatic heterocycles. The van der Waals surface area contributed by atoms with E-state index < -0.39 is 40.2 Å². The van der Waals surface area contributed by atoms with E-state index in [1.807, 2.05) is 44.2 Å². The number of carbonyl (C=O) groups excluding carboxylic acids is 2. The molecular formula is C34H35ClFN3O4S. The molecule has 0 bridgehead atoms. The van der Waals surface area contributed by atoms with Crippen molar-refractivity contribution in [3.05, 3.63) is 131 Å². The van der Waals surface area contributed by atoms with Crippen molar-refractivity contribution in [3.8, 4) is 0 Å². The van der Waals surface area contributed by atoms with Crippen molar-refractivity contribution >= 4 is 39.1 Å². The van der Waals surface area contributed by atoms with Crippen LogP contribution in [-0.2, 0) is 32.6 Å². The van der Waals surface area contributed by atoms with E-state index in [2.05, 4.69) is 5.32 Å². The van der Waals surface area contributed by atoms with Crippen LogP contribution in [0, 0.1) is 12.7 Å². The Labute approximate surface area is 263 Å². The van der Waals surface area contributed by atoms with Gasteiger partial charge in [-0.1, -0.05) is 84.8 Å². The van der Waals surface area contributed by atoms with E-state index in [0.717, 1.165) is 15.4 Å². The number of aryl methyl sites for hydroxylation is 1. The zero-order chi connectivity index (χ0) is 31.7. The largest absolute Gasteiger partial charge is 0.354 e. The molecular weight excluding hydrogens is 601 g/mol. The van der Waals surface area contributed by atoms with Gasteiger partial charge < -0.3 is 10.2 Å². The highest BCUT2D eigenvalue weighted by Crippen LogP contribution is 2.27. The first kappa shape index (κ1) is 32.7. The lowest BCUT2D eigenvalue weighted by Crippen LogP contribution is -2.53. The molecule has 0 saturated carbocycles. The fourth-order valence-corrected chi connectivity index (χ4v) is 6.24. The lowest BCUT2D eigenvalue weighted by molar-refractivity contribution is -0.140. The van der Waals surface area contributed by atoms with Gasteiger partial charge in [-0.05, 0) is 61.4 Å². The SMILES string of the molecule is CCCNC(=O)C(Cc1ccccc1)N(Cc1ccccc1F)C(=O)CN(c1ccc(Cl)cc1)S(=O)(=O)c1ccc(C)cc1. The monoisotopic (exact) mass is 635 g/mol. The van der Waals surface area contributed by atoms with Gasteiger partial charge in [0.2, 0.25) is 11.8 Å². The van der Waals surface area contributed by atoms with Crippen molar-refractivity contribution in [1.82, 2.24) is 10.2 Å². The Balaban J connectivity index is 1.80. The van der Waals surface area contributed by atoms with Crippen LogP contribution in [0.1, 0.15) is 30.0 Å². The summed E-state index contributed by atoms with van der Waals surface area (Å²) in [6.45, 7) is 3.24. The first-order valence-electron chi connectivity index (χ1n) is 14.3. The van der Waals surface area contributed by atoms with Crippen molar-refractivity contribution in [2.24, 2.45) is 0 Å². The number of sulfonamides is 1. The summed E-state index contributed by atoms with van der Waals surface area (Å²) >= 11 is 6.10. The molecule has 1 unspecified atom stereocenters. The van der Waals surface area contributed by atoms with Gasteiger partial charge in [-0.2, -0.15) is 0 Å². The van der Waals surface area contributed by atoms with Gasteiger partial charge in [-0.15, -0.1) is 0 Å². The fourth-order valence-electron chi connectivity index (χ4n) is 4.70. The molecule has 0 heterocycles. The molecule has 7 nitrogen and oxygen atoms in total. The van der Waals surface area contributed by atoms with Gasteiger partial charge in [-0.25, -0.2) is 12.8 Å². The molecule has 0 aliphatic heterocycles. The fraction of sp³-hybridized carbons (Fsp3) is 0.235. The van der Waals surface area contributed by atoms with Crippen LogP contribution >= 0.6 is 11.6 Å². The van der Waals surface area contributed by atoms with E-state index in [4.69, 9.17) is 11.6 Å². The Morgan fingerprint density at radius 1 is 0.886 bits per heavy atom. The molecule has 0 aliphatic carbocycles. The predicted molar refractivity (Wildman–Crippen MR) is 171 cm³/mol. The molecule has 2 amide bonds. The van der Waals surface area contributed by atoms with Crippen molar-refractivity contribution in [1.29, 1.82) is 0 Å². The Morgan fingerprint density at radius 2 is 1.52 bits per heavy atom. The quantitative estimate of drug-likeness (QED) is 0.191. The maximum atomic E-state index is 15.0. The van der Waals surface area contributed by atoms with Crippen LogP contribution in [0.3, 0.4) is 0 Å². The van der Waals surface area contributed by atoms with Crippen LogP contribution in [0.25, 0.3) is 0 Å². The summed E-state index contributed by atoms with van der Waals surface area (Å²) < 4.78 is 44.0. The van der Waals surface area contributed by atoms with Gasteiger partial charge in [0.05, 0.1) is 10.6 Å². The Hall–Kier alpha value is -4.21. The van der Waals surface area contributed by atoms with Crippen molar-refractivity contribution in [2.75, 3.05) is 17.4 Å². The topological polar surface area (TPSA) is 86.8 Å². The van der Waals surface area contributed by atoms with E-state index >= 15 is 0 Å². The van der Waals surface area contributed by atoms with Crippen LogP contribution in [-0.4, -0.2) is 44.3 Å². The normalized spacial score (nSPS) is 11.9. The van der Waals surface area contributed by atoms with E-state index in [1.165, 1.54) is 53.4 Å². The summed E-state index contributed by atoms with van der Waals surface area (Å²) in [6.07, 6.45) is 0.812. The number of nitrogens with zero attached hydrogens (tertiary/aromatic N) is 2. The number of rotatable bonds is 13. The van der Waals surface area contributed by atoms with Crippen LogP contribution in [0.15, 0.2) is 108 Å². The average molecular weight is 636 g/mol. The number of nitrogens with one attached hydrogen (secondary N) is 1. The molecule has 4 rings (SSSR count). The highest BCUT2D eigenvalue weighted by molar-refractivity contribution is 7.92. The average Bonchev–Trinajstić information content (AvgIpc) is 3.02. The van der Waals surface area contributed by atoms with Gasteiger partial charge in [0.15, 0.2) is 0 Å². The molecule has 230 valence electrons. The molecule has 0 spiro atoms. The van der Waals surface area contributed by atoms with E-state index in [-0.39, 0.29) is 29.1 Å². The number of amides is 2. The van der Waals surface area contributed by atoms with Gasteiger partial charge >= 0.3 is 0 Å². The maximum Gasteiger partial charge on any atom is 0.264 e. The second kappa shape index (κ2) is 15.0. The third-order valence-corrected chi connectivity index (χ3v) is 9.16. The summed E-state index contributed by atoms with van der Waals surface area (Å²) in [5.41, 5.74) is 2.07. The minimum atomic E-state index is -4.24. The highest BCUT2D eigenvalue weighted by Gasteiger charge is 2.35. The molecule has 4 aromatic carbocycles. The minimum absolute atomic E-state index is 0.00646. The standard InChI is InChI=1S/C34H35ClFN3O4S/c1-3-21-37-34(41)32(22-26-9-5-4-6-10-26)38(23-27-11-7-8-12-31(27)36)33(40)24-39(29-17-15-28(35)16-18-29)44(42,43)30-19-13-25(2)14-20-30/h4-20,32H,3,21-24H2,1-2H3,(H,37,41). The molecule has 44 heavy (non-hydrogen) atoms. The maximum absolute atomic E-state index is 15.0. The molecule has 0 aliphatic rings. The second-order valence-corrected chi connectivity index (χ2v) is 12.7. The van der Waals surface area contributed by atoms with E-state index in [1.54, 1.807) is 24.3 Å². The number of hydrogen-bond acceptors (Lipinski definition) is 4. The smallest absolute Gasteiger partial charge is 0.264 e. The summed E-state index contributed by atoms with van der Waals surface area (Å²) in [5.74, 6) is -1.63. The number of anilines is 1. The number of benzene rings is 4. The van der Waals surface area contributed by atoms with Crippen LogP contribution in [0.2, 0.25) is 5.02 Å². The molecule has 1 N–H and O–H groups in total. The summed E-state index contributed by atoms with van der Waals surface area (Å²) in [7, 11) is -4.24. The molecule has 0 saturated heterocycles. The molecule has 1 atom stereocenters. The van der Waals surface area contributed by atoms with Gasteiger partial charge in [0.1, 0.15) is 18.4 Å². The zero-order valence-corrected chi connectivity index (χ0v) is 26.2. The van der Waals surface area contributed by atoms with Crippen LogP contribution in [0.5, 0.6) is 0 Å². The third kappa shape index (κ3) is 8.24. The number of hydrogen-bond donors (Lipinski definition) is 1. The summed E-state index contributed by atoms with van der Waals surface area (Å²) in [4.78, 5) is 29.2. The first-order chi connectivity index (χ1) is 21.1. The highest BCUT2D eigenvalue weighted by atomic mass is 35.5. The minimum Gasteiger partial charge on any atom is -0.354 e. The summed E-state index contributed by atoms with van der Waals surface area (Å²) in [5, 5.41) is 3.26. The molecule has 0 radical (unpaired) electrons. The molecule has 4 aromatic rings. The second-order valence-electron chi connectivity index (χ2n) is 10.4. The Morgan fingerprint density at radius 3 is 2.16 bits per heavy atom. The van der Waals surface area contributed by atoms with Crippen LogP contribution < -0.4 is 9.62 Å². The first-order valence-corrected chi connectivity index (χ1v) is 16.1. The van der Waals surface area contributed by atoms with Crippen LogP contribution in [0.4, 0.5) is 10.1 Å². The zero-order valence-electron chi connectivity index (χ0n) is 24.6. The lowest BCUT2D eigenvalue weighted by Gasteiger charge is -2.34. The van der Waals surface area contributed by atoms with Gasteiger partial charge in [0, 0.05) is 30.1 Å². The van der Waals surface area contributed by atoms with Crippen molar-refractivity contribution in [2.45, 2.75) is 44.2 Å². The van der Waals surface area contributed by atoms with E-state index in [9.17, 15) is 22.4 Å². The van der Waals surface area contributed by atoms with Gasteiger partial charge in [-0.3, -0.25) is 13.9 Å². The summed E-state index contributed by atoms with van der Waals surface area (Å²) in [6, 6.07) is 26.5. The molecule has 0 fully saturated rings. The lowest BCUT2D eigenvalue weighted by atomic mass is 10.0. The number of carbonyl (C=O) groups is 2. The number of halogens is 2. The van der Waals surface area contributed by atoms with Gasteiger partial charge in [0.25, 0.3) is 10.0 Å². The van der Waals surface area contributed by atoms with Crippen molar-refractivity contribution in [3.63, 3.8) is 0 Å². The Bertz CT molecular complexity index is 1670. The van der Waals surface area contributed by atoms with Crippen molar-refractivity contribution < 1.29 is 22.4 Å². The Kier molecular flexibility index (Phi) is 11.1.